The Morgan fingerprint density at radius 1 is 1.24 bits per heavy atom. The van der Waals surface area contributed by atoms with Crippen molar-refractivity contribution in [2.45, 2.75) is 13.8 Å². The first kappa shape index (κ1) is 14.8. The summed E-state index contributed by atoms with van der Waals surface area (Å²) in [6.07, 6.45) is 0. The van der Waals surface area contributed by atoms with Crippen molar-refractivity contribution in [1.82, 2.24) is 9.97 Å². The fraction of sp³-hybridized carbons (Fsp3) is 0.267. The highest BCUT2D eigenvalue weighted by atomic mass is 16.5. The maximum atomic E-state index is 12.1. The number of rotatable bonds is 4. The van der Waals surface area contributed by atoms with Gasteiger partial charge in [0.05, 0.1) is 25.1 Å². The number of nitrogen functional groups attached to an aromatic ring is 1. The largest absolute Gasteiger partial charge is 0.497 e. The van der Waals surface area contributed by atoms with Crippen LogP contribution in [-0.4, -0.2) is 29.7 Å². The lowest BCUT2D eigenvalue weighted by Gasteiger charge is -2.11. The molecule has 0 unspecified atom stereocenters. The van der Waals surface area contributed by atoms with Crippen molar-refractivity contribution >= 4 is 11.9 Å². The van der Waals surface area contributed by atoms with E-state index in [-0.39, 0.29) is 12.6 Å². The molecule has 0 bridgehead atoms. The summed E-state index contributed by atoms with van der Waals surface area (Å²) < 4.78 is 10.2. The van der Waals surface area contributed by atoms with E-state index in [0.29, 0.717) is 17.0 Å². The summed E-state index contributed by atoms with van der Waals surface area (Å²) in [5.74, 6) is 0.377. The quantitative estimate of drug-likeness (QED) is 0.867. The minimum absolute atomic E-state index is 0.117. The minimum atomic E-state index is -0.458. The van der Waals surface area contributed by atoms with Gasteiger partial charge >= 0.3 is 5.97 Å². The summed E-state index contributed by atoms with van der Waals surface area (Å²) >= 11 is 0. The average Bonchev–Trinajstić information content (AvgIpc) is 2.46. The monoisotopic (exact) mass is 287 g/mol. The second-order valence-electron chi connectivity index (χ2n) is 4.34. The molecule has 1 aromatic carbocycles. The lowest BCUT2D eigenvalue weighted by Crippen LogP contribution is -2.13. The summed E-state index contributed by atoms with van der Waals surface area (Å²) in [5.41, 5.74) is 7.72. The van der Waals surface area contributed by atoms with Crippen LogP contribution in [0, 0.1) is 6.92 Å². The van der Waals surface area contributed by atoms with E-state index in [0.717, 1.165) is 11.3 Å². The summed E-state index contributed by atoms with van der Waals surface area (Å²) in [7, 11) is 1.59. The van der Waals surface area contributed by atoms with Gasteiger partial charge in [-0.3, -0.25) is 0 Å². The van der Waals surface area contributed by atoms with Crippen LogP contribution in [0.5, 0.6) is 5.75 Å². The van der Waals surface area contributed by atoms with Gasteiger partial charge in [-0.25, -0.2) is 14.8 Å². The molecule has 0 radical (unpaired) electrons. The molecule has 6 nitrogen and oxygen atoms in total. The maximum absolute atomic E-state index is 12.1. The third kappa shape index (κ3) is 3.10. The summed E-state index contributed by atoms with van der Waals surface area (Å²) in [6, 6.07) is 7.20. The van der Waals surface area contributed by atoms with Gasteiger partial charge < -0.3 is 15.2 Å². The number of benzene rings is 1. The van der Waals surface area contributed by atoms with E-state index in [4.69, 9.17) is 15.2 Å². The van der Waals surface area contributed by atoms with E-state index in [1.165, 1.54) is 0 Å². The highest BCUT2D eigenvalue weighted by Gasteiger charge is 2.20. The Labute approximate surface area is 122 Å². The molecular weight excluding hydrogens is 270 g/mol. The number of aromatic nitrogens is 2. The van der Waals surface area contributed by atoms with Crippen molar-refractivity contribution in [2.24, 2.45) is 0 Å². The standard InChI is InChI=1S/C15H17N3O3/c1-4-21-14(19)12-9(2)17-15(16)18-13(12)10-5-7-11(20-3)8-6-10/h5-8H,4H2,1-3H3,(H2,16,17,18). The minimum Gasteiger partial charge on any atom is -0.497 e. The van der Waals surface area contributed by atoms with Crippen LogP contribution in [0.3, 0.4) is 0 Å². The van der Waals surface area contributed by atoms with Gasteiger partial charge in [0.25, 0.3) is 0 Å². The molecule has 2 rings (SSSR count). The number of methoxy groups -OCH3 is 1. The van der Waals surface area contributed by atoms with Crippen LogP contribution in [0.4, 0.5) is 5.95 Å². The predicted molar refractivity (Wildman–Crippen MR) is 79.1 cm³/mol. The smallest absolute Gasteiger partial charge is 0.342 e. The third-order valence-corrected chi connectivity index (χ3v) is 2.95. The number of nitrogens with zero attached hydrogens (tertiary/aromatic N) is 2. The second kappa shape index (κ2) is 6.21. The van der Waals surface area contributed by atoms with Gasteiger partial charge in [-0.15, -0.1) is 0 Å². The number of hydrogen-bond donors (Lipinski definition) is 1. The van der Waals surface area contributed by atoms with E-state index in [1.54, 1.807) is 33.1 Å². The SMILES string of the molecule is CCOC(=O)c1c(C)nc(N)nc1-c1ccc(OC)cc1. The Bertz CT molecular complexity index is 654. The Morgan fingerprint density at radius 3 is 2.48 bits per heavy atom. The number of anilines is 1. The topological polar surface area (TPSA) is 87.3 Å². The Hall–Kier alpha value is -2.63. The van der Waals surface area contributed by atoms with Crippen molar-refractivity contribution in [3.63, 3.8) is 0 Å². The van der Waals surface area contributed by atoms with Crippen LogP contribution in [-0.2, 0) is 4.74 Å². The lowest BCUT2D eigenvalue weighted by molar-refractivity contribution is 0.0525. The number of hydrogen-bond acceptors (Lipinski definition) is 6. The molecule has 110 valence electrons. The molecule has 1 heterocycles. The Kier molecular flexibility index (Phi) is 4.37. The van der Waals surface area contributed by atoms with Crippen molar-refractivity contribution in [2.75, 3.05) is 19.5 Å². The average molecular weight is 287 g/mol. The summed E-state index contributed by atoms with van der Waals surface area (Å²) in [4.78, 5) is 20.4. The van der Waals surface area contributed by atoms with Crippen molar-refractivity contribution in [1.29, 1.82) is 0 Å². The molecule has 0 aliphatic rings. The van der Waals surface area contributed by atoms with Crippen LogP contribution >= 0.6 is 0 Å². The van der Waals surface area contributed by atoms with Crippen molar-refractivity contribution in [3.05, 3.63) is 35.5 Å². The van der Waals surface area contributed by atoms with E-state index in [2.05, 4.69) is 9.97 Å². The number of carbonyl (C=O) groups excluding carboxylic acids is 1. The summed E-state index contributed by atoms with van der Waals surface area (Å²) in [6.45, 7) is 3.74. The van der Waals surface area contributed by atoms with Gasteiger partial charge in [-0.1, -0.05) is 0 Å². The van der Waals surface area contributed by atoms with E-state index < -0.39 is 5.97 Å². The number of aryl methyl sites for hydroxylation is 1. The molecule has 0 aliphatic heterocycles. The van der Waals surface area contributed by atoms with Crippen molar-refractivity contribution < 1.29 is 14.3 Å². The number of ether oxygens (including phenoxy) is 2. The van der Waals surface area contributed by atoms with Gasteiger partial charge in [0.2, 0.25) is 5.95 Å². The zero-order chi connectivity index (χ0) is 15.4. The fourth-order valence-electron chi connectivity index (χ4n) is 2.00. The third-order valence-electron chi connectivity index (χ3n) is 2.95. The Balaban J connectivity index is 2.57. The summed E-state index contributed by atoms with van der Waals surface area (Å²) in [5, 5.41) is 0. The molecule has 0 saturated heterocycles. The first-order chi connectivity index (χ1) is 10.1. The van der Waals surface area contributed by atoms with Crippen LogP contribution in [0.25, 0.3) is 11.3 Å². The molecule has 0 amide bonds. The zero-order valence-corrected chi connectivity index (χ0v) is 12.2. The molecule has 0 spiro atoms. The highest BCUT2D eigenvalue weighted by Crippen LogP contribution is 2.26. The van der Waals surface area contributed by atoms with Gasteiger partial charge in [-0.2, -0.15) is 0 Å². The van der Waals surface area contributed by atoms with E-state index in [9.17, 15) is 4.79 Å². The zero-order valence-electron chi connectivity index (χ0n) is 12.2. The molecule has 0 aliphatic carbocycles. The van der Waals surface area contributed by atoms with Crippen LogP contribution in [0.2, 0.25) is 0 Å². The first-order valence-corrected chi connectivity index (χ1v) is 6.52. The number of nitrogens with two attached hydrogens (primary N) is 1. The van der Waals surface area contributed by atoms with Gasteiger partial charge in [-0.05, 0) is 38.1 Å². The number of esters is 1. The second-order valence-corrected chi connectivity index (χ2v) is 4.34. The van der Waals surface area contributed by atoms with Crippen LogP contribution < -0.4 is 10.5 Å². The molecule has 1 aromatic heterocycles. The predicted octanol–water partition coefficient (Wildman–Crippen LogP) is 2.22. The molecule has 6 heteroatoms. The molecule has 0 fully saturated rings. The fourth-order valence-corrected chi connectivity index (χ4v) is 2.00. The van der Waals surface area contributed by atoms with Crippen LogP contribution in [0.15, 0.2) is 24.3 Å². The molecule has 0 atom stereocenters. The molecule has 21 heavy (non-hydrogen) atoms. The van der Waals surface area contributed by atoms with E-state index >= 15 is 0 Å². The molecular formula is C15H17N3O3. The maximum Gasteiger partial charge on any atom is 0.342 e. The molecule has 2 aromatic rings. The highest BCUT2D eigenvalue weighted by molar-refractivity contribution is 5.97. The molecule has 2 N–H and O–H groups in total. The van der Waals surface area contributed by atoms with Gasteiger partial charge in [0, 0.05) is 5.56 Å². The van der Waals surface area contributed by atoms with Crippen LogP contribution in [0.1, 0.15) is 23.0 Å². The van der Waals surface area contributed by atoms with E-state index in [1.807, 2.05) is 12.1 Å². The van der Waals surface area contributed by atoms with Gasteiger partial charge in [0.1, 0.15) is 11.3 Å². The first-order valence-electron chi connectivity index (χ1n) is 6.52. The normalized spacial score (nSPS) is 10.2. The Morgan fingerprint density at radius 2 is 1.90 bits per heavy atom. The van der Waals surface area contributed by atoms with Crippen molar-refractivity contribution in [3.8, 4) is 17.0 Å². The lowest BCUT2D eigenvalue weighted by atomic mass is 10.0. The molecule has 0 saturated carbocycles. The van der Waals surface area contributed by atoms with Gasteiger partial charge in [0.15, 0.2) is 0 Å². The number of carbonyl (C=O) groups is 1.